The largest absolute Gasteiger partial charge is 0.465 e. The van der Waals surface area contributed by atoms with Crippen molar-refractivity contribution in [2.45, 2.75) is 32.2 Å². The summed E-state index contributed by atoms with van der Waals surface area (Å²) in [7, 11) is 0. The molecule has 0 saturated carbocycles. The second-order valence-electron chi connectivity index (χ2n) is 4.78. The fourth-order valence-electron chi connectivity index (χ4n) is 2.60. The number of esters is 1. The average molecular weight is 284 g/mol. The van der Waals surface area contributed by atoms with Crippen LogP contribution in [0.1, 0.15) is 25.3 Å². The first kappa shape index (κ1) is 16.0. The van der Waals surface area contributed by atoms with Gasteiger partial charge in [-0.15, -0.1) is 12.4 Å². The second kappa shape index (κ2) is 8.18. The van der Waals surface area contributed by atoms with Crippen molar-refractivity contribution in [1.82, 2.24) is 5.32 Å². The first-order valence-corrected chi connectivity index (χ1v) is 6.75. The van der Waals surface area contributed by atoms with E-state index in [1.54, 1.807) is 0 Å². The third-order valence-corrected chi connectivity index (χ3v) is 3.47. The Labute approximate surface area is 121 Å². The smallest absolute Gasteiger partial charge is 0.323 e. The highest BCUT2D eigenvalue weighted by Gasteiger charge is 2.31. The molecular weight excluding hydrogens is 262 g/mol. The van der Waals surface area contributed by atoms with Crippen molar-refractivity contribution in [3.05, 3.63) is 35.9 Å². The number of halogens is 1. The summed E-state index contributed by atoms with van der Waals surface area (Å²) in [6, 6.07) is 10.2. The van der Waals surface area contributed by atoms with Crippen LogP contribution in [0.25, 0.3) is 0 Å². The van der Waals surface area contributed by atoms with Gasteiger partial charge in [-0.25, -0.2) is 0 Å². The molecule has 2 unspecified atom stereocenters. The molecule has 0 spiro atoms. The molecule has 106 valence electrons. The van der Waals surface area contributed by atoms with Crippen LogP contribution < -0.4 is 5.32 Å². The van der Waals surface area contributed by atoms with Crippen molar-refractivity contribution in [3.8, 4) is 0 Å². The Morgan fingerprint density at radius 1 is 1.37 bits per heavy atom. The summed E-state index contributed by atoms with van der Waals surface area (Å²) < 4.78 is 5.15. The van der Waals surface area contributed by atoms with Gasteiger partial charge in [0.2, 0.25) is 0 Å². The molecule has 3 nitrogen and oxygen atoms in total. The molecule has 0 radical (unpaired) electrons. The zero-order valence-corrected chi connectivity index (χ0v) is 12.1. The van der Waals surface area contributed by atoms with Gasteiger partial charge in [0.15, 0.2) is 0 Å². The van der Waals surface area contributed by atoms with Crippen molar-refractivity contribution >= 4 is 18.4 Å². The zero-order valence-electron chi connectivity index (χ0n) is 11.3. The summed E-state index contributed by atoms with van der Waals surface area (Å²) in [4.78, 5) is 11.9. The number of piperidine rings is 1. The topological polar surface area (TPSA) is 38.3 Å². The molecule has 1 aromatic rings. The number of benzene rings is 1. The lowest BCUT2D eigenvalue weighted by molar-refractivity contribution is -0.147. The number of rotatable bonds is 4. The van der Waals surface area contributed by atoms with Crippen LogP contribution in [0.2, 0.25) is 0 Å². The van der Waals surface area contributed by atoms with E-state index in [0.717, 1.165) is 25.8 Å². The van der Waals surface area contributed by atoms with E-state index >= 15 is 0 Å². The maximum Gasteiger partial charge on any atom is 0.323 e. The van der Waals surface area contributed by atoms with E-state index in [2.05, 4.69) is 17.4 Å². The number of hydrogen-bond acceptors (Lipinski definition) is 3. The Hall–Kier alpha value is -1.06. The molecule has 1 aliphatic rings. The number of hydrogen-bond donors (Lipinski definition) is 1. The van der Waals surface area contributed by atoms with Gasteiger partial charge in [0.25, 0.3) is 0 Å². The van der Waals surface area contributed by atoms with Gasteiger partial charge in [-0.05, 0) is 44.2 Å². The van der Waals surface area contributed by atoms with Gasteiger partial charge in [-0.3, -0.25) is 4.79 Å². The van der Waals surface area contributed by atoms with Crippen molar-refractivity contribution in [3.63, 3.8) is 0 Å². The van der Waals surface area contributed by atoms with Crippen LogP contribution in [0.4, 0.5) is 0 Å². The minimum Gasteiger partial charge on any atom is -0.465 e. The van der Waals surface area contributed by atoms with E-state index < -0.39 is 0 Å². The molecule has 2 atom stereocenters. The Kier molecular flexibility index (Phi) is 6.89. The first-order chi connectivity index (χ1) is 8.81. The summed E-state index contributed by atoms with van der Waals surface area (Å²) in [5, 5.41) is 3.30. The Morgan fingerprint density at radius 3 is 2.79 bits per heavy atom. The van der Waals surface area contributed by atoms with E-state index in [1.807, 2.05) is 25.1 Å². The number of ether oxygens (including phenoxy) is 1. The standard InChI is InChI=1S/C15H21NO2.ClH/c1-2-18-15(17)14-13(9-6-10-16-14)11-12-7-4-3-5-8-12;/h3-5,7-8,13-14,16H,2,6,9-11H2,1H3;1H. The lowest BCUT2D eigenvalue weighted by atomic mass is 9.85. The lowest BCUT2D eigenvalue weighted by Crippen LogP contribution is -2.48. The molecule has 2 rings (SSSR count). The number of carbonyl (C=O) groups is 1. The molecule has 1 aromatic carbocycles. The highest BCUT2D eigenvalue weighted by Crippen LogP contribution is 2.22. The maximum atomic E-state index is 11.9. The molecule has 0 bridgehead atoms. The van der Waals surface area contributed by atoms with Crippen molar-refractivity contribution in [2.75, 3.05) is 13.2 Å². The van der Waals surface area contributed by atoms with Crippen LogP contribution >= 0.6 is 12.4 Å². The first-order valence-electron chi connectivity index (χ1n) is 6.75. The van der Waals surface area contributed by atoms with Crippen molar-refractivity contribution in [2.24, 2.45) is 5.92 Å². The Bertz CT molecular complexity index is 383. The highest BCUT2D eigenvalue weighted by molar-refractivity contribution is 5.85. The fourth-order valence-corrected chi connectivity index (χ4v) is 2.60. The van der Waals surface area contributed by atoms with Crippen molar-refractivity contribution < 1.29 is 9.53 Å². The van der Waals surface area contributed by atoms with Gasteiger partial charge >= 0.3 is 5.97 Å². The minimum absolute atomic E-state index is 0. The predicted octanol–water partition coefficient (Wildman–Crippen LogP) is 2.58. The Morgan fingerprint density at radius 2 is 2.11 bits per heavy atom. The van der Waals surface area contributed by atoms with E-state index in [4.69, 9.17) is 4.74 Å². The molecule has 1 heterocycles. The molecular formula is C15H22ClNO2. The van der Waals surface area contributed by atoms with Crippen LogP contribution in [0.5, 0.6) is 0 Å². The second-order valence-corrected chi connectivity index (χ2v) is 4.78. The molecule has 0 amide bonds. The summed E-state index contributed by atoms with van der Waals surface area (Å²) in [5.41, 5.74) is 1.29. The van der Waals surface area contributed by atoms with E-state index in [9.17, 15) is 4.79 Å². The van der Waals surface area contributed by atoms with Gasteiger partial charge in [0.1, 0.15) is 6.04 Å². The SMILES string of the molecule is CCOC(=O)C1NCCCC1Cc1ccccc1.Cl. The molecule has 1 saturated heterocycles. The van der Waals surface area contributed by atoms with Gasteiger partial charge in [0, 0.05) is 0 Å². The van der Waals surface area contributed by atoms with Gasteiger partial charge in [-0.1, -0.05) is 30.3 Å². The number of carbonyl (C=O) groups excluding carboxylic acids is 1. The third kappa shape index (κ3) is 4.51. The molecule has 0 aliphatic carbocycles. The maximum absolute atomic E-state index is 11.9. The average Bonchev–Trinajstić information content (AvgIpc) is 2.41. The van der Waals surface area contributed by atoms with Crippen LogP contribution in [-0.2, 0) is 16.0 Å². The zero-order chi connectivity index (χ0) is 12.8. The Balaban J connectivity index is 0.00000180. The monoisotopic (exact) mass is 283 g/mol. The summed E-state index contributed by atoms with van der Waals surface area (Å²) in [5.74, 6) is 0.248. The van der Waals surface area contributed by atoms with Gasteiger partial charge < -0.3 is 10.1 Å². The normalized spacial score (nSPS) is 22.4. The molecule has 1 N–H and O–H groups in total. The molecule has 1 aliphatic heterocycles. The quantitative estimate of drug-likeness (QED) is 0.863. The fraction of sp³-hybridized carbons (Fsp3) is 0.533. The van der Waals surface area contributed by atoms with E-state index in [1.165, 1.54) is 5.56 Å². The lowest BCUT2D eigenvalue weighted by Gasteiger charge is -2.31. The summed E-state index contributed by atoms with van der Waals surface area (Å²) >= 11 is 0. The highest BCUT2D eigenvalue weighted by atomic mass is 35.5. The molecule has 19 heavy (non-hydrogen) atoms. The van der Waals surface area contributed by atoms with Gasteiger partial charge in [0.05, 0.1) is 6.61 Å². The van der Waals surface area contributed by atoms with E-state index in [-0.39, 0.29) is 24.4 Å². The van der Waals surface area contributed by atoms with Crippen LogP contribution in [0.3, 0.4) is 0 Å². The van der Waals surface area contributed by atoms with Gasteiger partial charge in [-0.2, -0.15) is 0 Å². The predicted molar refractivity (Wildman–Crippen MR) is 78.5 cm³/mol. The number of nitrogens with one attached hydrogen (secondary N) is 1. The molecule has 4 heteroatoms. The van der Waals surface area contributed by atoms with Crippen LogP contribution in [0.15, 0.2) is 30.3 Å². The summed E-state index contributed by atoms with van der Waals surface area (Å²) in [6.07, 6.45) is 3.16. The third-order valence-electron chi connectivity index (χ3n) is 3.47. The minimum atomic E-state index is -0.140. The molecule has 1 fully saturated rings. The van der Waals surface area contributed by atoms with Crippen molar-refractivity contribution in [1.29, 1.82) is 0 Å². The van der Waals surface area contributed by atoms with Crippen LogP contribution in [-0.4, -0.2) is 25.2 Å². The molecule has 0 aromatic heterocycles. The summed E-state index contributed by atoms with van der Waals surface area (Å²) in [6.45, 7) is 3.22. The van der Waals surface area contributed by atoms with E-state index in [0.29, 0.717) is 12.5 Å². The van der Waals surface area contributed by atoms with Crippen LogP contribution in [0, 0.1) is 5.92 Å².